The number of non-ortho nitro benzene ring substituents is 1. The molecule has 0 amide bonds. The molecule has 98 valence electrons. The molecule has 0 radical (unpaired) electrons. The van der Waals surface area contributed by atoms with E-state index in [4.69, 9.17) is 0 Å². The molecule has 0 saturated carbocycles. The van der Waals surface area contributed by atoms with Crippen LogP contribution in [0.5, 0.6) is 0 Å². The van der Waals surface area contributed by atoms with E-state index in [1.54, 1.807) is 35.6 Å². The fraction of sp³-hybridized carbons (Fsp3) is 0. The van der Waals surface area contributed by atoms with Crippen LogP contribution in [-0.2, 0) is 0 Å². The van der Waals surface area contributed by atoms with Gasteiger partial charge in [0.2, 0.25) is 0 Å². The average molecular weight is 282 g/mol. The zero-order chi connectivity index (χ0) is 13.9. The van der Waals surface area contributed by atoms with Crippen molar-refractivity contribution in [3.63, 3.8) is 0 Å². The maximum Gasteiger partial charge on any atom is 0.278 e. The Kier molecular flexibility index (Phi) is 3.26. The summed E-state index contributed by atoms with van der Waals surface area (Å²) in [6.45, 7) is 0. The molecule has 0 spiro atoms. The molecular weight excluding hydrogens is 272 g/mol. The number of thiophene rings is 1. The summed E-state index contributed by atoms with van der Waals surface area (Å²) in [6.07, 6.45) is 3.89. The molecule has 4 nitrogen and oxygen atoms in total. The molecule has 0 atom stereocenters. The molecule has 0 bridgehead atoms. The van der Waals surface area contributed by atoms with Gasteiger partial charge in [0.15, 0.2) is 0 Å². The number of aromatic nitrogens is 1. The highest BCUT2D eigenvalue weighted by atomic mass is 32.1. The van der Waals surface area contributed by atoms with Gasteiger partial charge in [0.05, 0.1) is 21.5 Å². The fourth-order valence-corrected chi connectivity index (χ4v) is 2.58. The van der Waals surface area contributed by atoms with Gasteiger partial charge in [-0.05, 0) is 41.8 Å². The first-order valence-corrected chi connectivity index (χ1v) is 6.88. The molecule has 3 aromatic rings. The van der Waals surface area contributed by atoms with E-state index in [1.165, 1.54) is 6.07 Å². The predicted octanol–water partition coefficient (Wildman–Crippen LogP) is 4.37. The highest BCUT2D eigenvalue weighted by Gasteiger charge is 2.11. The average Bonchev–Trinajstić information content (AvgIpc) is 2.97. The van der Waals surface area contributed by atoms with E-state index in [-0.39, 0.29) is 10.6 Å². The molecule has 20 heavy (non-hydrogen) atoms. The Balaban J connectivity index is 2.01. The molecule has 0 aliphatic rings. The lowest BCUT2D eigenvalue weighted by molar-refractivity contribution is -0.383. The van der Waals surface area contributed by atoms with Gasteiger partial charge < -0.3 is 0 Å². The van der Waals surface area contributed by atoms with Crippen LogP contribution in [0.4, 0.5) is 5.69 Å². The lowest BCUT2D eigenvalue weighted by Crippen LogP contribution is -1.91. The minimum Gasteiger partial charge on any atom is -0.258 e. The Bertz CT molecular complexity index is 795. The molecule has 0 N–H and O–H groups in total. The largest absolute Gasteiger partial charge is 0.278 e. The summed E-state index contributed by atoms with van der Waals surface area (Å²) in [4.78, 5) is 16.1. The lowest BCUT2D eigenvalue weighted by Gasteiger charge is -2.00. The Morgan fingerprint density at radius 2 is 2.00 bits per heavy atom. The van der Waals surface area contributed by atoms with Gasteiger partial charge in [-0.3, -0.25) is 10.1 Å². The summed E-state index contributed by atoms with van der Waals surface area (Å²) in [6, 6.07) is 12.5. The minimum atomic E-state index is -0.384. The summed E-state index contributed by atoms with van der Waals surface area (Å²) in [7, 11) is 0. The van der Waals surface area contributed by atoms with E-state index in [0.717, 1.165) is 10.6 Å². The smallest absolute Gasteiger partial charge is 0.258 e. The van der Waals surface area contributed by atoms with Crippen LogP contribution in [0.3, 0.4) is 0 Å². The Labute approximate surface area is 119 Å². The van der Waals surface area contributed by atoms with Gasteiger partial charge in [0.25, 0.3) is 5.69 Å². The van der Waals surface area contributed by atoms with Crippen LogP contribution < -0.4 is 0 Å². The molecule has 5 heteroatoms. The van der Waals surface area contributed by atoms with Gasteiger partial charge in [0, 0.05) is 10.9 Å². The number of nitrogens with zero attached hydrogens (tertiary/aromatic N) is 2. The van der Waals surface area contributed by atoms with Crippen molar-refractivity contribution >= 4 is 40.1 Å². The molecule has 0 aliphatic heterocycles. The van der Waals surface area contributed by atoms with E-state index in [1.807, 2.05) is 29.7 Å². The van der Waals surface area contributed by atoms with Crippen molar-refractivity contribution in [2.75, 3.05) is 0 Å². The van der Waals surface area contributed by atoms with Gasteiger partial charge in [-0.15, -0.1) is 11.3 Å². The zero-order valence-electron chi connectivity index (χ0n) is 10.4. The summed E-state index contributed by atoms with van der Waals surface area (Å²) >= 11 is 1.65. The summed E-state index contributed by atoms with van der Waals surface area (Å²) in [5.41, 5.74) is 1.50. The number of rotatable bonds is 3. The molecule has 0 aliphatic carbocycles. The molecular formula is C15H10N2O2S. The third-order valence-electron chi connectivity index (χ3n) is 2.89. The molecule has 0 unspecified atom stereocenters. The number of nitro benzene ring substituents is 1. The zero-order valence-corrected chi connectivity index (χ0v) is 11.2. The van der Waals surface area contributed by atoms with Crippen molar-refractivity contribution in [1.29, 1.82) is 0 Å². The van der Waals surface area contributed by atoms with E-state index in [2.05, 4.69) is 4.98 Å². The van der Waals surface area contributed by atoms with Gasteiger partial charge >= 0.3 is 0 Å². The standard InChI is InChI=1S/C15H10N2O2S/c18-17(19)15-5-1-4-14-13(15)9-7-11(16-14)6-8-12-3-2-10-20-12/h1-10H. The first-order valence-electron chi connectivity index (χ1n) is 6.00. The summed E-state index contributed by atoms with van der Waals surface area (Å²) in [5.74, 6) is 0. The number of hydrogen-bond donors (Lipinski definition) is 0. The second-order valence-corrected chi connectivity index (χ2v) is 5.17. The predicted molar refractivity (Wildman–Crippen MR) is 81.6 cm³/mol. The number of pyridine rings is 1. The first kappa shape index (κ1) is 12.5. The second-order valence-electron chi connectivity index (χ2n) is 4.19. The monoisotopic (exact) mass is 282 g/mol. The van der Waals surface area contributed by atoms with Crippen molar-refractivity contribution in [2.45, 2.75) is 0 Å². The Hall–Kier alpha value is -2.53. The van der Waals surface area contributed by atoms with Crippen molar-refractivity contribution in [1.82, 2.24) is 4.98 Å². The van der Waals surface area contributed by atoms with E-state index >= 15 is 0 Å². The Morgan fingerprint density at radius 3 is 2.75 bits per heavy atom. The van der Waals surface area contributed by atoms with Gasteiger partial charge in [-0.1, -0.05) is 12.1 Å². The van der Waals surface area contributed by atoms with Crippen molar-refractivity contribution < 1.29 is 4.92 Å². The molecule has 3 rings (SSSR count). The molecule has 1 aromatic carbocycles. The van der Waals surface area contributed by atoms with E-state index in [9.17, 15) is 10.1 Å². The first-order chi connectivity index (χ1) is 9.74. The highest BCUT2D eigenvalue weighted by Crippen LogP contribution is 2.24. The number of hydrogen-bond acceptors (Lipinski definition) is 4. The Morgan fingerprint density at radius 1 is 1.10 bits per heavy atom. The maximum atomic E-state index is 10.9. The van der Waals surface area contributed by atoms with Crippen LogP contribution in [0.15, 0.2) is 47.8 Å². The fourth-order valence-electron chi connectivity index (χ4n) is 1.96. The van der Waals surface area contributed by atoms with Crippen molar-refractivity contribution in [3.8, 4) is 0 Å². The SMILES string of the molecule is O=[N+]([O-])c1cccc2nc(C=Cc3cccs3)ccc12. The normalized spacial score (nSPS) is 11.2. The van der Waals surface area contributed by atoms with Crippen LogP contribution in [0, 0.1) is 10.1 Å². The van der Waals surface area contributed by atoms with Crippen molar-refractivity contribution in [2.24, 2.45) is 0 Å². The summed E-state index contributed by atoms with van der Waals surface area (Å²) in [5, 5.41) is 13.5. The second kappa shape index (κ2) is 5.22. The molecule has 0 fully saturated rings. The van der Waals surface area contributed by atoms with Gasteiger partial charge in [-0.25, -0.2) is 4.98 Å². The third kappa shape index (κ3) is 2.44. The quantitative estimate of drug-likeness (QED) is 0.529. The van der Waals surface area contributed by atoms with E-state index < -0.39 is 0 Å². The number of fused-ring (bicyclic) bond motifs is 1. The van der Waals surface area contributed by atoms with Gasteiger partial charge in [0.1, 0.15) is 0 Å². The van der Waals surface area contributed by atoms with Crippen LogP contribution >= 0.6 is 11.3 Å². The number of nitro groups is 1. The highest BCUT2D eigenvalue weighted by molar-refractivity contribution is 7.10. The van der Waals surface area contributed by atoms with Gasteiger partial charge in [-0.2, -0.15) is 0 Å². The number of benzene rings is 1. The van der Waals surface area contributed by atoms with E-state index in [0.29, 0.717) is 10.9 Å². The third-order valence-corrected chi connectivity index (χ3v) is 3.73. The topological polar surface area (TPSA) is 56.0 Å². The van der Waals surface area contributed by atoms with Crippen LogP contribution in [-0.4, -0.2) is 9.91 Å². The maximum absolute atomic E-state index is 10.9. The van der Waals surface area contributed by atoms with Crippen LogP contribution in [0.2, 0.25) is 0 Å². The lowest BCUT2D eigenvalue weighted by atomic mass is 10.1. The molecule has 2 aromatic heterocycles. The van der Waals surface area contributed by atoms with Crippen LogP contribution in [0.25, 0.3) is 23.1 Å². The van der Waals surface area contributed by atoms with Crippen molar-refractivity contribution in [3.05, 3.63) is 68.5 Å². The summed E-state index contributed by atoms with van der Waals surface area (Å²) < 4.78 is 0. The minimum absolute atomic E-state index is 0.0868. The molecule has 2 heterocycles. The van der Waals surface area contributed by atoms with Crippen LogP contribution in [0.1, 0.15) is 10.6 Å². The molecule has 0 saturated heterocycles.